The first kappa shape index (κ1) is 17.7. The molecule has 0 spiro atoms. The molecule has 1 saturated heterocycles. The molecule has 2 rings (SSSR count). The van der Waals surface area contributed by atoms with E-state index in [9.17, 15) is 14.4 Å². The van der Waals surface area contributed by atoms with Crippen molar-refractivity contribution in [1.29, 1.82) is 0 Å². The third-order valence-corrected chi connectivity index (χ3v) is 3.91. The van der Waals surface area contributed by atoms with Gasteiger partial charge < -0.3 is 15.3 Å². The van der Waals surface area contributed by atoms with Gasteiger partial charge in [0.2, 0.25) is 5.91 Å². The molecule has 24 heavy (non-hydrogen) atoms. The lowest BCUT2D eigenvalue weighted by atomic mass is 10.0. The van der Waals surface area contributed by atoms with Crippen LogP contribution in [-0.2, 0) is 14.4 Å². The summed E-state index contributed by atoms with van der Waals surface area (Å²) >= 11 is 0. The van der Waals surface area contributed by atoms with Gasteiger partial charge in [0.25, 0.3) is 5.91 Å². The number of nitrogens with one attached hydrogen (secondary N) is 1. The van der Waals surface area contributed by atoms with Crippen molar-refractivity contribution in [3.63, 3.8) is 0 Å². The molecule has 1 atom stereocenters. The molecule has 6 heteroatoms. The Morgan fingerprint density at radius 3 is 2.58 bits per heavy atom. The number of unbranched alkanes of at least 4 members (excludes halogenated alkanes) is 2. The minimum absolute atomic E-state index is 0.185. The molecule has 1 aliphatic heterocycles. The molecule has 0 aliphatic carbocycles. The number of carboxylic acid groups (broad SMARTS) is 1. The summed E-state index contributed by atoms with van der Waals surface area (Å²) in [7, 11) is 0. The van der Waals surface area contributed by atoms with Crippen molar-refractivity contribution in [2.75, 3.05) is 6.54 Å². The highest BCUT2D eigenvalue weighted by Gasteiger charge is 2.38. The van der Waals surface area contributed by atoms with Gasteiger partial charge in [-0.3, -0.25) is 14.4 Å². The number of rotatable bonds is 7. The summed E-state index contributed by atoms with van der Waals surface area (Å²) in [5.74, 6) is -1.88. The normalized spacial score (nSPS) is 19.5. The van der Waals surface area contributed by atoms with E-state index in [-0.39, 0.29) is 18.0 Å². The van der Waals surface area contributed by atoms with Crippen molar-refractivity contribution in [3.05, 3.63) is 41.6 Å². The second-order valence-corrected chi connectivity index (χ2v) is 5.78. The van der Waals surface area contributed by atoms with Crippen LogP contribution >= 0.6 is 0 Å². The number of carboxylic acids is 1. The van der Waals surface area contributed by atoms with Crippen molar-refractivity contribution in [1.82, 2.24) is 10.2 Å². The maximum atomic E-state index is 12.7. The van der Waals surface area contributed by atoms with E-state index in [1.54, 1.807) is 6.08 Å². The summed E-state index contributed by atoms with van der Waals surface area (Å²) in [4.78, 5) is 37.4. The molecular formula is C18H22N2O4. The van der Waals surface area contributed by atoms with Crippen LogP contribution < -0.4 is 5.32 Å². The van der Waals surface area contributed by atoms with Crippen LogP contribution in [0.2, 0.25) is 0 Å². The number of benzene rings is 1. The standard InChI is InChI=1S/C18H22N2O4/c1-2-3-7-10-20-15(12-16(21)22)17(23)19-14(18(20)24)11-13-8-5-4-6-9-13/h4-6,8-9,11,15H,2-3,7,10,12H2,1H3,(H,19,23)(H,21,22)/t15-/m0/s1. The quantitative estimate of drug-likeness (QED) is 0.591. The van der Waals surface area contributed by atoms with Gasteiger partial charge in [-0.05, 0) is 18.1 Å². The second kappa shape index (κ2) is 8.29. The van der Waals surface area contributed by atoms with Gasteiger partial charge in [-0.25, -0.2) is 0 Å². The average molecular weight is 330 g/mol. The fraction of sp³-hybridized carbons (Fsp3) is 0.389. The summed E-state index contributed by atoms with van der Waals surface area (Å²) in [6.07, 6.45) is 3.87. The highest BCUT2D eigenvalue weighted by Crippen LogP contribution is 2.18. The van der Waals surface area contributed by atoms with Crippen LogP contribution in [-0.4, -0.2) is 40.4 Å². The van der Waals surface area contributed by atoms with Gasteiger partial charge >= 0.3 is 5.97 Å². The summed E-state index contributed by atoms with van der Waals surface area (Å²) in [6, 6.07) is 8.25. The highest BCUT2D eigenvalue weighted by molar-refractivity contribution is 6.08. The van der Waals surface area contributed by atoms with E-state index in [2.05, 4.69) is 5.32 Å². The van der Waals surface area contributed by atoms with Gasteiger partial charge in [0.1, 0.15) is 11.7 Å². The highest BCUT2D eigenvalue weighted by atomic mass is 16.4. The third kappa shape index (κ3) is 4.44. The summed E-state index contributed by atoms with van der Waals surface area (Å²) in [6.45, 7) is 2.42. The van der Waals surface area contributed by atoms with Crippen molar-refractivity contribution >= 4 is 23.9 Å². The molecule has 0 radical (unpaired) electrons. The van der Waals surface area contributed by atoms with Crippen LogP contribution in [0.4, 0.5) is 0 Å². The minimum Gasteiger partial charge on any atom is -0.481 e. The number of amides is 2. The average Bonchev–Trinajstić information content (AvgIpc) is 2.55. The van der Waals surface area contributed by atoms with Crippen molar-refractivity contribution in [2.24, 2.45) is 0 Å². The molecule has 1 fully saturated rings. The smallest absolute Gasteiger partial charge is 0.305 e. The topological polar surface area (TPSA) is 86.7 Å². The number of carbonyl (C=O) groups excluding carboxylic acids is 2. The molecule has 1 aliphatic rings. The van der Waals surface area contributed by atoms with Gasteiger partial charge in [-0.1, -0.05) is 50.1 Å². The summed E-state index contributed by atoms with van der Waals surface area (Å²) in [5, 5.41) is 11.6. The first-order valence-electron chi connectivity index (χ1n) is 8.13. The lowest BCUT2D eigenvalue weighted by Gasteiger charge is -2.35. The number of hydrogen-bond donors (Lipinski definition) is 2. The molecule has 128 valence electrons. The Balaban J connectivity index is 2.25. The molecule has 0 aromatic heterocycles. The molecule has 1 aromatic carbocycles. The van der Waals surface area contributed by atoms with Gasteiger partial charge in [0, 0.05) is 6.54 Å². The Kier molecular flexibility index (Phi) is 6.12. The van der Waals surface area contributed by atoms with E-state index < -0.39 is 17.9 Å². The number of nitrogens with zero attached hydrogens (tertiary/aromatic N) is 1. The zero-order valence-corrected chi connectivity index (χ0v) is 13.7. The van der Waals surface area contributed by atoms with E-state index >= 15 is 0 Å². The van der Waals surface area contributed by atoms with Gasteiger partial charge in [0.15, 0.2) is 0 Å². The fourth-order valence-corrected chi connectivity index (χ4v) is 2.68. The first-order valence-corrected chi connectivity index (χ1v) is 8.13. The molecule has 0 saturated carbocycles. The maximum Gasteiger partial charge on any atom is 0.305 e. The van der Waals surface area contributed by atoms with Crippen molar-refractivity contribution < 1.29 is 19.5 Å². The second-order valence-electron chi connectivity index (χ2n) is 5.78. The number of aliphatic carboxylic acids is 1. The third-order valence-electron chi connectivity index (χ3n) is 3.91. The largest absolute Gasteiger partial charge is 0.481 e. The van der Waals surface area contributed by atoms with Crippen molar-refractivity contribution in [3.8, 4) is 0 Å². The Hall–Kier alpha value is -2.63. The molecule has 1 heterocycles. The Morgan fingerprint density at radius 1 is 1.25 bits per heavy atom. The van der Waals surface area contributed by atoms with Crippen molar-refractivity contribution in [2.45, 2.75) is 38.6 Å². The monoisotopic (exact) mass is 330 g/mol. The van der Waals surface area contributed by atoms with E-state index in [0.29, 0.717) is 6.54 Å². The van der Waals surface area contributed by atoms with Gasteiger partial charge in [-0.2, -0.15) is 0 Å². The Bertz CT molecular complexity index is 640. The molecule has 0 bridgehead atoms. The predicted octanol–water partition coefficient (Wildman–Crippen LogP) is 2.02. The first-order chi connectivity index (χ1) is 11.5. The van der Waals surface area contributed by atoms with Gasteiger partial charge in [0.05, 0.1) is 6.42 Å². The molecular weight excluding hydrogens is 308 g/mol. The van der Waals surface area contributed by atoms with Crippen LogP contribution in [0.1, 0.15) is 38.2 Å². The predicted molar refractivity (Wildman–Crippen MR) is 89.8 cm³/mol. The van der Waals surface area contributed by atoms with Crippen LogP contribution in [0, 0.1) is 0 Å². The molecule has 1 aromatic rings. The zero-order chi connectivity index (χ0) is 17.5. The van der Waals surface area contributed by atoms with Crippen LogP contribution in [0.25, 0.3) is 6.08 Å². The summed E-state index contributed by atoms with van der Waals surface area (Å²) in [5.41, 5.74) is 0.982. The number of piperazine rings is 1. The van der Waals surface area contributed by atoms with Gasteiger partial charge in [-0.15, -0.1) is 0 Å². The number of hydrogen-bond acceptors (Lipinski definition) is 3. The molecule has 6 nitrogen and oxygen atoms in total. The zero-order valence-electron chi connectivity index (χ0n) is 13.7. The Morgan fingerprint density at radius 2 is 1.96 bits per heavy atom. The minimum atomic E-state index is -1.10. The van der Waals surface area contributed by atoms with Crippen LogP contribution in [0.5, 0.6) is 0 Å². The lowest BCUT2D eigenvalue weighted by molar-refractivity contribution is -0.148. The Labute approximate surface area is 141 Å². The van der Waals surface area contributed by atoms with Crippen LogP contribution in [0.15, 0.2) is 36.0 Å². The molecule has 2 N–H and O–H groups in total. The SMILES string of the molecule is CCCCCN1C(=O)C(=Cc2ccccc2)NC(=O)[C@@H]1CC(=O)O. The van der Waals surface area contributed by atoms with E-state index in [4.69, 9.17) is 5.11 Å². The van der Waals surface area contributed by atoms with E-state index in [1.165, 1.54) is 4.90 Å². The maximum absolute atomic E-state index is 12.7. The lowest BCUT2D eigenvalue weighted by Crippen LogP contribution is -2.57. The molecule has 0 unspecified atom stereocenters. The molecule has 2 amide bonds. The van der Waals surface area contributed by atoms with Crippen LogP contribution in [0.3, 0.4) is 0 Å². The summed E-state index contributed by atoms with van der Waals surface area (Å²) < 4.78 is 0. The number of carbonyl (C=O) groups is 3. The van der Waals surface area contributed by atoms with E-state index in [1.807, 2.05) is 37.3 Å². The van der Waals surface area contributed by atoms with E-state index in [0.717, 1.165) is 24.8 Å². The fourth-order valence-electron chi connectivity index (χ4n) is 2.68.